The Labute approximate surface area is 390 Å². The number of carbonyl (C=O) groups excluding carboxylic acids is 3. The zero-order valence-corrected chi connectivity index (χ0v) is 37.0. The standard InChI is InChI=1S/C23H19ClFN5O3.C12H12ClN3O3.C11H9FN2O/c1-23(11-12-26-30(23)22(33)27-16-7-5-15(24)6-8-16)21(32)28-19-10-9-17(14-18(19)25)29-13-3-2-4-20(29)31;1-12(10(17)18)6-7-14-16(12)11(19)15-9-4-2-8(13)3-5-9;12-9-7-8(4-5-10(9)13)14-6-2-1-3-11(14)15/h2-10,12-14H,11H2,1H3,(H,27,33)(H,28,32);2-5,7H,6H2,1H3,(H,15,19)(H,17,18);1-7H,13H2/t23-;12-;/m11./s1. The van der Waals surface area contributed by atoms with Gasteiger partial charge in [-0.2, -0.15) is 20.2 Å². The Bertz CT molecular complexity index is 3010. The third-order valence-corrected chi connectivity index (χ3v) is 10.7. The fraction of sp³-hybridized carbons (Fsp3) is 0.130. The van der Waals surface area contributed by atoms with Crippen LogP contribution in [0.5, 0.6) is 0 Å². The average Bonchev–Trinajstić information content (AvgIpc) is 3.92. The van der Waals surface area contributed by atoms with Crippen LogP contribution in [0.4, 0.5) is 41.1 Å². The first-order chi connectivity index (χ1) is 31.9. The van der Waals surface area contributed by atoms with Crippen LogP contribution in [0.1, 0.15) is 26.7 Å². The van der Waals surface area contributed by atoms with Crippen LogP contribution in [0.25, 0.3) is 11.4 Å². The molecule has 0 radical (unpaired) electrons. The molecule has 0 saturated heterocycles. The molecule has 8 rings (SSSR count). The number of rotatable bonds is 7. The van der Waals surface area contributed by atoms with Crippen molar-refractivity contribution in [2.75, 3.05) is 21.7 Å². The number of benzene rings is 4. The third-order valence-electron chi connectivity index (χ3n) is 10.2. The molecule has 0 spiro atoms. The van der Waals surface area contributed by atoms with E-state index in [9.17, 15) is 42.7 Å². The number of hydrogen-bond acceptors (Lipinski definition) is 9. The molecular weight excluding hydrogens is 913 g/mol. The maximum atomic E-state index is 14.8. The van der Waals surface area contributed by atoms with Crippen LogP contribution in [0.15, 0.2) is 154 Å². The van der Waals surface area contributed by atoms with Crippen LogP contribution >= 0.6 is 23.2 Å². The molecule has 4 aromatic carbocycles. The number of halogens is 4. The number of aromatic nitrogens is 2. The lowest BCUT2D eigenvalue weighted by Crippen LogP contribution is -2.53. The van der Waals surface area contributed by atoms with E-state index in [1.165, 1.54) is 78.0 Å². The van der Waals surface area contributed by atoms with Gasteiger partial charge in [0.2, 0.25) is 0 Å². The van der Waals surface area contributed by atoms with E-state index in [1.807, 2.05) is 0 Å². The molecule has 5 amide bonds. The van der Waals surface area contributed by atoms with E-state index < -0.39 is 46.7 Å². The van der Waals surface area contributed by atoms with Crippen LogP contribution in [0, 0.1) is 11.6 Å². The Hall–Kier alpha value is -8.16. The molecule has 0 fully saturated rings. The number of nitrogens with one attached hydrogen (secondary N) is 3. The van der Waals surface area contributed by atoms with Crippen molar-refractivity contribution < 1.29 is 33.1 Å². The molecule has 4 heterocycles. The normalized spacial score (nSPS) is 16.8. The molecule has 0 bridgehead atoms. The molecule has 21 heteroatoms. The van der Waals surface area contributed by atoms with Gasteiger partial charge in [0.25, 0.3) is 17.0 Å². The van der Waals surface area contributed by atoms with E-state index in [0.717, 1.165) is 16.1 Å². The molecule has 6 N–H and O–H groups in total. The molecule has 17 nitrogen and oxygen atoms in total. The minimum Gasteiger partial charge on any atom is -0.479 e. The maximum absolute atomic E-state index is 14.8. The van der Waals surface area contributed by atoms with Gasteiger partial charge in [0.1, 0.15) is 17.2 Å². The highest BCUT2D eigenvalue weighted by Gasteiger charge is 2.46. The van der Waals surface area contributed by atoms with Crippen LogP contribution in [-0.4, -0.2) is 71.7 Å². The molecule has 0 aliphatic carbocycles. The summed E-state index contributed by atoms with van der Waals surface area (Å²) in [4.78, 5) is 72.4. The Morgan fingerprint density at radius 1 is 0.627 bits per heavy atom. The van der Waals surface area contributed by atoms with Gasteiger partial charge in [0, 0.05) is 83.4 Å². The van der Waals surface area contributed by atoms with Gasteiger partial charge in [-0.25, -0.2) is 23.2 Å². The lowest BCUT2D eigenvalue weighted by atomic mass is 9.97. The largest absolute Gasteiger partial charge is 0.479 e. The number of pyridine rings is 2. The van der Waals surface area contributed by atoms with Crippen molar-refractivity contribution in [2.45, 2.75) is 37.8 Å². The lowest BCUT2D eigenvalue weighted by molar-refractivity contribution is -0.147. The maximum Gasteiger partial charge on any atom is 0.343 e. The van der Waals surface area contributed by atoms with Gasteiger partial charge >= 0.3 is 18.0 Å². The predicted molar refractivity (Wildman–Crippen MR) is 252 cm³/mol. The van der Waals surface area contributed by atoms with E-state index in [4.69, 9.17) is 28.9 Å². The molecule has 2 aliphatic heterocycles. The topological polar surface area (TPSA) is 226 Å². The van der Waals surface area contributed by atoms with E-state index in [0.29, 0.717) is 32.8 Å². The van der Waals surface area contributed by atoms with Crippen molar-refractivity contribution in [1.82, 2.24) is 19.2 Å². The van der Waals surface area contributed by atoms with Crippen LogP contribution in [0.3, 0.4) is 0 Å². The number of amides is 5. The lowest BCUT2D eigenvalue weighted by Gasteiger charge is -2.31. The van der Waals surface area contributed by atoms with Crippen molar-refractivity contribution in [2.24, 2.45) is 10.2 Å². The van der Waals surface area contributed by atoms with Crippen molar-refractivity contribution in [3.63, 3.8) is 0 Å². The summed E-state index contributed by atoms with van der Waals surface area (Å²) in [7, 11) is 0. The molecular formula is C46H40Cl2F2N10O7. The molecule has 6 aromatic rings. The second-order valence-corrected chi connectivity index (χ2v) is 15.9. The van der Waals surface area contributed by atoms with Crippen LogP contribution in [-0.2, 0) is 9.59 Å². The summed E-state index contributed by atoms with van der Waals surface area (Å²) in [6.07, 6.45) is 6.27. The zero-order valence-electron chi connectivity index (χ0n) is 35.4. The van der Waals surface area contributed by atoms with E-state index in [-0.39, 0.29) is 35.3 Å². The smallest absolute Gasteiger partial charge is 0.343 e. The van der Waals surface area contributed by atoms with Crippen molar-refractivity contribution in [3.05, 3.63) is 176 Å². The van der Waals surface area contributed by atoms with Gasteiger partial charge in [0.15, 0.2) is 5.54 Å². The summed E-state index contributed by atoms with van der Waals surface area (Å²) in [5.41, 5.74) is 3.86. The van der Waals surface area contributed by atoms with E-state index >= 15 is 0 Å². The number of hydrogen-bond donors (Lipinski definition) is 5. The Kier molecular flexibility index (Phi) is 15.0. The molecule has 344 valence electrons. The number of nitrogens with zero attached hydrogens (tertiary/aromatic N) is 6. The molecule has 0 unspecified atom stereocenters. The van der Waals surface area contributed by atoms with Crippen molar-refractivity contribution in [3.8, 4) is 11.4 Å². The highest BCUT2D eigenvalue weighted by Crippen LogP contribution is 2.29. The van der Waals surface area contributed by atoms with Gasteiger partial charge in [-0.15, -0.1) is 0 Å². The predicted octanol–water partition coefficient (Wildman–Crippen LogP) is 8.22. The number of carboxylic acids is 1. The van der Waals surface area contributed by atoms with E-state index in [2.05, 4.69) is 26.2 Å². The number of aliphatic carboxylic acids is 1. The summed E-state index contributed by atoms with van der Waals surface area (Å²) in [5, 5.41) is 27.8. The number of nitrogen functional groups attached to an aromatic ring is 1. The molecule has 2 atom stereocenters. The van der Waals surface area contributed by atoms with Gasteiger partial charge < -0.3 is 26.8 Å². The molecule has 67 heavy (non-hydrogen) atoms. The van der Waals surface area contributed by atoms with E-state index in [1.54, 1.807) is 85.1 Å². The van der Waals surface area contributed by atoms with Gasteiger partial charge in [-0.05, 0) is 98.8 Å². The number of anilines is 4. The first-order valence-electron chi connectivity index (χ1n) is 19.9. The Balaban J connectivity index is 0.000000183. The van der Waals surface area contributed by atoms with Gasteiger partial charge in [-0.3, -0.25) is 23.5 Å². The molecule has 2 aromatic heterocycles. The highest BCUT2D eigenvalue weighted by atomic mass is 35.5. The zero-order chi connectivity index (χ0) is 48.5. The number of urea groups is 2. The summed E-state index contributed by atoms with van der Waals surface area (Å²) < 4.78 is 30.5. The second kappa shape index (κ2) is 20.8. The number of carboxylic acid groups (broad SMARTS) is 1. The summed E-state index contributed by atoms with van der Waals surface area (Å²) >= 11 is 11.6. The van der Waals surface area contributed by atoms with Crippen molar-refractivity contribution in [1.29, 1.82) is 0 Å². The Morgan fingerprint density at radius 2 is 1.07 bits per heavy atom. The minimum atomic E-state index is -1.38. The fourth-order valence-electron chi connectivity index (χ4n) is 6.33. The third kappa shape index (κ3) is 11.4. The average molecular weight is 954 g/mol. The Morgan fingerprint density at radius 3 is 1.52 bits per heavy atom. The number of carbonyl (C=O) groups is 4. The molecule has 0 saturated carbocycles. The van der Waals surface area contributed by atoms with Gasteiger partial charge in [0.05, 0.1) is 22.7 Å². The summed E-state index contributed by atoms with van der Waals surface area (Å²) in [6.45, 7) is 2.98. The second-order valence-electron chi connectivity index (χ2n) is 15.0. The SMILES string of the molecule is C[C@]1(C(=O)Nc2ccc(-n3ccccc3=O)cc2F)CC=NN1C(=O)Nc1ccc(Cl)cc1.C[C@]1(C(=O)O)CC=NN1C(=O)Nc1ccc(Cl)cc1.Nc1ccc(-n2ccccc2=O)cc1F. The molecule has 2 aliphatic rings. The highest BCUT2D eigenvalue weighted by molar-refractivity contribution is 6.31. The number of nitrogens with two attached hydrogens (primary N) is 1. The van der Waals surface area contributed by atoms with Crippen molar-refractivity contribution >= 4 is 82.3 Å². The fourth-order valence-corrected chi connectivity index (χ4v) is 6.58. The summed E-state index contributed by atoms with van der Waals surface area (Å²) in [6, 6.07) is 29.4. The van der Waals surface area contributed by atoms with Crippen LogP contribution in [0.2, 0.25) is 10.0 Å². The van der Waals surface area contributed by atoms with Gasteiger partial charge in [-0.1, -0.05) is 35.3 Å². The quantitative estimate of drug-likeness (QED) is 0.0978. The minimum absolute atomic E-state index is 0.0720. The van der Waals surface area contributed by atoms with Crippen LogP contribution < -0.4 is 32.8 Å². The number of hydrazone groups is 2. The summed E-state index contributed by atoms with van der Waals surface area (Å²) in [5.74, 6) is -2.97. The monoisotopic (exact) mass is 952 g/mol. The first kappa shape index (κ1) is 48.3. The first-order valence-corrected chi connectivity index (χ1v) is 20.7.